The first-order valence-corrected chi connectivity index (χ1v) is 41.9. The minimum absolute atomic E-state index is 0.137. The zero-order valence-electron chi connectivity index (χ0n) is 56.4. The molecule has 2 amide bonds. The number of rotatable bonds is 8. The predicted octanol–water partition coefficient (Wildman–Crippen LogP) is 15.1. The summed E-state index contributed by atoms with van der Waals surface area (Å²) < 4.78 is 36.4. The summed E-state index contributed by atoms with van der Waals surface area (Å²) in [6, 6.07) is 18.5. The second-order valence-corrected chi connectivity index (χ2v) is 32.6. The third-order valence-electron chi connectivity index (χ3n) is 28.1. The number of benzene rings is 2. The van der Waals surface area contributed by atoms with Crippen molar-refractivity contribution in [3.8, 4) is 0 Å². The van der Waals surface area contributed by atoms with Crippen LogP contribution < -0.4 is 22.1 Å². The summed E-state index contributed by atoms with van der Waals surface area (Å²) in [4.78, 5) is 36.6. The molecule has 14 rings (SSSR count). The second-order valence-electron chi connectivity index (χ2n) is 32.6. The van der Waals surface area contributed by atoms with E-state index in [2.05, 4.69) is 108 Å². The van der Waals surface area contributed by atoms with Crippen molar-refractivity contribution in [2.24, 2.45) is 116 Å². The fourth-order valence-electron chi connectivity index (χ4n) is 23.4. The molecule has 2 unspecified atom stereocenters. The van der Waals surface area contributed by atoms with Gasteiger partial charge in [-0.05, 0) is 226 Å². The topological polar surface area (TPSA) is 183 Å². The van der Waals surface area contributed by atoms with Crippen LogP contribution in [-0.4, -0.2) is 93.4 Å². The molecule has 26 atom stereocenters. The van der Waals surface area contributed by atoms with Gasteiger partial charge in [-0.3, -0.25) is 4.79 Å². The van der Waals surface area contributed by atoms with Crippen molar-refractivity contribution < 1.29 is 42.8 Å². The van der Waals surface area contributed by atoms with E-state index in [4.69, 9.17) is 35.2 Å². The maximum atomic E-state index is 13.2. The van der Waals surface area contributed by atoms with Gasteiger partial charge >= 0.3 is 18.0 Å². The number of hydrogen-bond donors (Lipinski definition) is 4. The van der Waals surface area contributed by atoms with Gasteiger partial charge in [0.25, 0.3) is 0 Å². The Bertz CT molecular complexity index is 2750. The van der Waals surface area contributed by atoms with Gasteiger partial charge in [-0.25, -0.2) is 9.59 Å². The van der Waals surface area contributed by atoms with Crippen LogP contribution in [0.5, 0.6) is 0 Å². The minimum Gasteiger partial charge on any atom is -0.468 e. The lowest BCUT2D eigenvalue weighted by atomic mass is 9.44. The number of ether oxygens (including phenoxy) is 6. The maximum Gasteiger partial charge on any atom is 0.328 e. The van der Waals surface area contributed by atoms with E-state index in [1.54, 1.807) is 0 Å². The van der Waals surface area contributed by atoms with Crippen molar-refractivity contribution in [2.75, 3.05) is 27.4 Å². The number of carbonyl (C=O) groups is 3. The molecule has 0 radical (unpaired) electrons. The molecule has 2 spiro atoms. The number of hydrogen-bond acceptors (Lipinski definition) is 11. The average molecular weight is 1470 g/mol. The van der Waals surface area contributed by atoms with Crippen LogP contribution in [-0.2, 0) is 50.9 Å². The first kappa shape index (κ1) is 69.2. The summed E-state index contributed by atoms with van der Waals surface area (Å²) in [6.45, 7) is 21.8. The minimum atomic E-state index is -0.709. The summed E-state index contributed by atoms with van der Waals surface area (Å²) in [5.41, 5.74) is 15.7. The van der Waals surface area contributed by atoms with Crippen LogP contribution >= 0.6 is 37.2 Å². The van der Waals surface area contributed by atoms with E-state index in [0.717, 1.165) is 97.9 Å². The van der Waals surface area contributed by atoms with Crippen molar-refractivity contribution in [2.45, 2.75) is 245 Å². The Morgan fingerprint density at radius 2 is 1.01 bits per heavy atom. The van der Waals surface area contributed by atoms with Gasteiger partial charge in [-0.15, -0.1) is 0 Å². The summed E-state index contributed by atoms with van der Waals surface area (Å²) in [5.74, 6) is 8.73. The lowest BCUT2D eigenvalue weighted by Crippen LogP contribution is -2.57. The van der Waals surface area contributed by atoms with Crippen LogP contribution in [0.15, 0.2) is 60.7 Å². The zero-order chi connectivity index (χ0) is 64.1. The number of halogens is 2. The van der Waals surface area contributed by atoms with Crippen molar-refractivity contribution in [3.63, 3.8) is 0 Å². The van der Waals surface area contributed by atoms with E-state index in [-0.39, 0.29) is 29.6 Å². The van der Waals surface area contributed by atoms with E-state index < -0.39 is 18.1 Å². The molecule has 12 fully saturated rings. The Morgan fingerprint density at radius 1 is 0.556 bits per heavy atom. The second kappa shape index (κ2) is 28.1. The molecule has 0 aromatic heterocycles. The Labute approximate surface area is 564 Å². The largest absolute Gasteiger partial charge is 0.468 e. The lowest BCUT2D eigenvalue weighted by molar-refractivity contribution is -0.273. The third-order valence-corrected chi connectivity index (χ3v) is 28.1. The molecular formula is C75H114I2N4O9. The molecule has 2 aromatic rings. The Kier molecular flexibility index (Phi) is 21.6. The fourth-order valence-corrected chi connectivity index (χ4v) is 23.4. The van der Waals surface area contributed by atoms with Crippen LogP contribution in [0.2, 0.25) is 0 Å². The first-order valence-electron chi connectivity index (χ1n) is 35.7. The Hall–Kier alpha value is -2.13. The molecule has 0 bridgehead atoms. The highest BCUT2D eigenvalue weighted by Gasteiger charge is 2.71. The van der Waals surface area contributed by atoms with E-state index in [1.165, 1.54) is 111 Å². The highest BCUT2D eigenvalue weighted by atomic mass is 128. The van der Waals surface area contributed by atoms with Crippen molar-refractivity contribution in [1.29, 1.82) is 0 Å². The van der Waals surface area contributed by atoms with Gasteiger partial charge in [-0.2, -0.15) is 0 Å². The number of fused-ring (bicyclic) bond motifs is 14. The number of nitrogens with two attached hydrogens (primary N) is 2. The van der Waals surface area contributed by atoms with Gasteiger partial charge in [0.2, 0.25) is 0 Å². The zero-order valence-corrected chi connectivity index (χ0v) is 60.7. The smallest absolute Gasteiger partial charge is 0.328 e. The van der Waals surface area contributed by atoms with Crippen molar-refractivity contribution >= 4 is 55.2 Å². The molecule has 4 aliphatic heterocycles. The molecule has 12 aliphatic rings. The first-order chi connectivity index (χ1) is 43.1. The molecule has 90 heavy (non-hydrogen) atoms. The number of carbonyl (C=O) groups excluding carboxylic acids is 3. The lowest BCUT2D eigenvalue weighted by Gasteiger charge is -2.61. The molecule has 4 heterocycles. The molecular weight excluding hydrogens is 1350 g/mol. The van der Waals surface area contributed by atoms with Gasteiger partial charge in [-0.1, -0.05) is 116 Å². The van der Waals surface area contributed by atoms with Gasteiger partial charge in [0.1, 0.15) is 12.1 Å². The summed E-state index contributed by atoms with van der Waals surface area (Å²) >= 11 is 4.24. The monoisotopic (exact) mass is 1470 g/mol. The van der Waals surface area contributed by atoms with Gasteiger partial charge in [0.15, 0.2) is 11.6 Å². The van der Waals surface area contributed by atoms with Crippen molar-refractivity contribution in [1.82, 2.24) is 10.6 Å². The average Bonchev–Trinajstić information content (AvgIpc) is 1.50. The normalized spacial score (nSPS) is 45.6. The van der Waals surface area contributed by atoms with E-state index in [9.17, 15) is 14.4 Å². The number of urea groups is 1. The van der Waals surface area contributed by atoms with Crippen molar-refractivity contribution in [3.05, 3.63) is 71.8 Å². The predicted molar refractivity (Wildman–Crippen MR) is 371 cm³/mol. The number of esters is 2. The summed E-state index contributed by atoms with van der Waals surface area (Å²) in [6.07, 6.45) is 26.9. The van der Waals surface area contributed by atoms with Gasteiger partial charge in [0, 0.05) is 80.4 Å². The molecule has 8 aliphatic carbocycles. The summed E-state index contributed by atoms with van der Waals surface area (Å²) in [7, 11) is 2.72. The highest BCUT2D eigenvalue weighted by molar-refractivity contribution is 15.0. The van der Waals surface area contributed by atoms with E-state index in [1.807, 2.05) is 60.7 Å². The standard InChI is InChI=1S/C38H56N2O5.C27H45NO2.C10H13NO2.I2/c1-23-13-18-38(44-22-23)24(2)33-32(45-38)21-30-28-12-11-26-20-27(14-16-36(26,3)29(28)15-17-37(30,33)4)39-35(42)40-31(34(41)43-5)19-25-9-7-6-8-10-25;1-16-7-12-27(29-15-16)17(2)24-23(30-27)14-22-20-6-5-18-13-19(28)8-10-25(18,3)21(20)9-11-26(22,24)4;1-13-10(12)9(11)7-8-5-3-2-4-6-8;1-2/h6-10,23-24,26-33H,11-22H2,1-5H3,(H2,39,40,42);16-24H,5-15,28H2,1-4H3;2-6,9H,7,11H2,1H3;/t23-,24-,26+,27+,28+,29-,30-,31?,32-,33-,36-,37-,38+;16-,17-,18+,19+,20+,21-,22-,23-,24-,25-,26-,27+;;/m00../s1. The van der Waals surface area contributed by atoms with Crippen LogP contribution in [0.1, 0.15) is 195 Å². The molecule has 8 saturated carbocycles. The van der Waals surface area contributed by atoms with E-state index in [0.29, 0.717) is 94.2 Å². The number of amides is 2. The van der Waals surface area contributed by atoms with Crippen LogP contribution in [0.4, 0.5) is 4.79 Å². The molecule has 6 N–H and O–H groups in total. The van der Waals surface area contributed by atoms with E-state index >= 15 is 0 Å². The number of methoxy groups -OCH3 is 2. The molecule has 2 aromatic carbocycles. The van der Waals surface area contributed by atoms with Crippen LogP contribution in [0.3, 0.4) is 0 Å². The third kappa shape index (κ3) is 13.0. The maximum absolute atomic E-state index is 13.2. The highest BCUT2D eigenvalue weighted by Crippen LogP contribution is 2.73. The van der Waals surface area contributed by atoms with Crippen LogP contribution in [0.25, 0.3) is 0 Å². The Balaban J connectivity index is 0.000000158. The molecule has 15 heteroatoms. The van der Waals surface area contributed by atoms with Crippen LogP contribution in [0, 0.1) is 105 Å². The molecule has 13 nitrogen and oxygen atoms in total. The van der Waals surface area contributed by atoms with Gasteiger partial charge in [0.05, 0.1) is 39.6 Å². The molecule has 4 saturated heterocycles. The quantitative estimate of drug-likeness (QED) is 0.146. The Morgan fingerprint density at radius 3 is 1.48 bits per heavy atom. The van der Waals surface area contributed by atoms with Gasteiger partial charge < -0.3 is 50.5 Å². The summed E-state index contributed by atoms with van der Waals surface area (Å²) in [5, 5.41) is 6.18. The fraction of sp³-hybridized carbons (Fsp3) is 0.800. The molecule has 502 valence electrons. The number of nitrogens with one attached hydrogen (secondary N) is 2. The SMILES string of the molecule is COC(=O)C(Cc1ccccc1)NC(=O)N[C@@H]1CC[C@@]2(C)[C@H](CC[C@@H]3[C@@H]2CC[C@]2(C)[C@@H]4[C@H](C[C@@H]32)O[C@]2(CC[C@H](C)CO2)[C@H]4C)C1.COC(=O)C(N)Cc1ccccc1.C[C@H]1CC[C@@]2(OC1)O[C@H]1C[C@H]3[C@@H]4CC[C@@H]5C[C@H](N)CC[C@]5(C)[C@H]4CC[C@]3(C)[C@H]1[C@@H]2C.II.